The molecule has 3 aromatic rings. The van der Waals surface area contributed by atoms with Gasteiger partial charge in [-0.2, -0.15) is 0 Å². The molecule has 0 aliphatic rings. The molecule has 1 unspecified atom stereocenters. The fourth-order valence-electron chi connectivity index (χ4n) is 3.83. The molecule has 0 saturated carbocycles. The first-order chi connectivity index (χ1) is 16.3. The van der Waals surface area contributed by atoms with Crippen molar-refractivity contribution in [2.24, 2.45) is 20.0 Å². The van der Waals surface area contributed by atoms with Gasteiger partial charge in [-0.3, -0.25) is 24.0 Å². The van der Waals surface area contributed by atoms with Gasteiger partial charge < -0.3 is 19.1 Å². The van der Waals surface area contributed by atoms with Crippen molar-refractivity contribution in [3.8, 4) is 5.88 Å². The number of thiophene rings is 1. The molecule has 13 heteroatoms. The van der Waals surface area contributed by atoms with Crippen molar-refractivity contribution >= 4 is 33.6 Å². The number of hydroxylamine groups is 2. The Kier molecular flexibility index (Phi) is 7.24. The van der Waals surface area contributed by atoms with Crippen LogP contribution in [0.1, 0.15) is 41.1 Å². The molecule has 2 N–H and O–H groups in total. The van der Waals surface area contributed by atoms with E-state index in [0.717, 1.165) is 21.0 Å². The number of ether oxygens (including phenoxy) is 2. The average molecular weight is 509 g/mol. The fraction of sp³-hybridized carbons (Fsp3) is 0.455. The Morgan fingerprint density at radius 3 is 2.49 bits per heavy atom. The zero-order valence-corrected chi connectivity index (χ0v) is 21.3. The van der Waals surface area contributed by atoms with Crippen LogP contribution in [0.5, 0.6) is 5.88 Å². The number of aromatic amines is 1. The molecule has 3 rings (SSSR count). The first-order valence-electron chi connectivity index (χ1n) is 10.6. The van der Waals surface area contributed by atoms with Gasteiger partial charge >= 0.3 is 11.8 Å². The summed E-state index contributed by atoms with van der Waals surface area (Å²) in [4.78, 5) is 58.4. The second-order valence-electron chi connectivity index (χ2n) is 8.48. The van der Waals surface area contributed by atoms with Gasteiger partial charge in [0, 0.05) is 39.0 Å². The molecule has 3 aromatic heterocycles. The number of hydrogen-bond acceptors (Lipinski definition) is 9. The summed E-state index contributed by atoms with van der Waals surface area (Å²) in [6, 6.07) is 1.46. The van der Waals surface area contributed by atoms with Gasteiger partial charge in [-0.1, -0.05) is 13.8 Å². The Bertz CT molecular complexity index is 1400. The third-order valence-electron chi connectivity index (χ3n) is 5.60. The van der Waals surface area contributed by atoms with Crippen LogP contribution in [0.4, 0.5) is 4.79 Å². The smallest absolute Gasteiger partial charge is 0.437 e. The van der Waals surface area contributed by atoms with E-state index >= 15 is 0 Å². The van der Waals surface area contributed by atoms with Crippen molar-refractivity contribution in [2.75, 3.05) is 21.3 Å². The third-order valence-corrected chi connectivity index (χ3v) is 6.85. The predicted molar refractivity (Wildman–Crippen MR) is 128 cm³/mol. The van der Waals surface area contributed by atoms with Gasteiger partial charge in [0.15, 0.2) is 0 Å². The highest BCUT2D eigenvalue weighted by Crippen LogP contribution is 2.45. The van der Waals surface area contributed by atoms with Gasteiger partial charge in [0.1, 0.15) is 10.4 Å². The fourth-order valence-corrected chi connectivity index (χ4v) is 5.13. The number of aliphatic hydroxyl groups is 1. The van der Waals surface area contributed by atoms with Crippen LogP contribution in [0.25, 0.3) is 10.2 Å². The molecule has 0 saturated heterocycles. The van der Waals surface area contributed by atoms with Crippen LogP contribution >= 0.6 is 11.3 Å². The Labute approximate surface area is 204 Å². The lowest BCUT2D eigenvalue weighted by atomic mass is 9.83. The normalized spacial score (nSPS) is 13.2. The van der Waals surface area contributed by atoms with E-state index in [0.29, 0.717) is 5.56 Å². The topological polar surface area (TPSA) is 145 Å². The first-order valence-corrected chi connectivity index (χ1v) is 11.4. The van der Waals surface area contributed by atoms with E-state index in [9.17, 15) is 24.3 Å². The van der Waals surface area contributed by atoms with E-state index in [1.54, 1.807) is 13.2 Å². The van der Waals surface area contributed by atoms with E-state index in [4.69, 9.17) is 9.57 Å². The van der Waals surface area contributed by atoms with E-state index < -0.39 is 28.9 Å². The summed E-state index contributed by atoms with van der Waals surface area (Å²) < 4.78 is 12.0. The van der Waals surface area contributed by atoms with Crippen molar-refractivity contribution < 1.29 is 29.0 Å². The quantitative estimate of drug-likeness (QED) is 0.362. The van der Waals surface area contributed by atoms with E-state index in [-0.39, 0.29) is 38.9 Å². The third kappa shape index (κ3) is 4.61. The second-order valence-corrected chi connectivity index (χ2v) is 9.50. The van der Waals surface area contributed by atoms with E-state index in [1.165, 1.54) is 38.9 Å². The standard InChI is InChI=1S/C22H28N4O8S/c1-11(2)9-22(31,12-8-13(24(3)10-12)34-21(30)32-6)16-14(19(28)26(5)33-7)15-17(35-16)23-20(29)25(4)18(15)27/h8,10-11,31H,9H2,1-7H3,(H,23,29). The monoisotopic (exact) mass is 508 g/mol. The van der Waals surface area contributed by atoms with Gasteiger partial charge in [0.2, 0.25) is 5.88 Å². The highest BCUT2D eigenvalue weighted by atomic mass is 32.1. The Morgan fingerprint density at radius 1 is 1.26 bits per heavy atom. The average Bonchev–Trinajstić information content (AvgIpc) is 3.37. The van der Waals surface area contributed by atoms with Crippen LogP contribution in [0.15, 0.2) is 21.9 Å². The maximum absolute atomic E-state index is 13.4. The van der Waals surface area contributed by atoms with Crippen LogP contribution in [0.2, 0.25) is 0 Å². The molecule has 0 spiro atoms. The summed E-state index contributed by atoms with van der Waals surface area (Å²) in [5, 5.41) is 13.1. The molecule has 3 heterocycles. The largest absolute Gasteiger partial charge is 0.514 e. The van der Waals surface area contributed by atoms with Crippen LogP contribution in [-0.4, -0.2) is 57.6 Å². The second kappa shape index (κ2) is 9.68. The summed E-state index contributed by atoms with van der Waals surface area (Å²) in [7, 11) is 6.74. The van der Waals surface area contributed by atoms with Gasteiger partial charge in [-0.05, 0) is 12.3 Å². The van der Waals surface area contributed by atoms with Crippen molar-refractivity contribution in [1.29, 1.82) is 0 Å². The van der Waals surface area contributed by atoms with Crippen LogP contribution in [0.3, 0.4) is 0 Å². The van der Waals surface area contributed by atoms with Gasteiger partial charge in [0.05, 0.1) is 30.0 Å². The summed E-state index contributed by atoms with van der Waals surface area (Å²) in [6.45, 7) is 3.77. The van der Waals surface area contributed by atoms with E-state index in [1.807, 2.05) is 13.8 Å². The lowest BCUT2D eigenvalue weighted by Gasteiger charge is -2.30. The maximum Gasteiger partial charge on any atom is 0.514 e. The Balaban J connectivity index is 2.40. The highest BCUT2D eigenvalue weighted by Gasteiger charge is 2.41. The summed E-state index contributed by atoms with van der Waals surface area (Å²) in [6.07, 6.45) is 0.758. The molecule has 0 aliphatic heterocycles. The number of methoxy groups -OCH3 is 1. The van der Waals surface area contributed by atoms with Crippen molar-refractivity contribution in [3.05, 3.63) is 49.1 Å². The molecule has 0 radical (unpaired) electrons. The molecule has 0 bridgehead atoms. The van der Waals surface area contributed by atoms with E-state index in [2.05, 4.69) is 9.72 Å². The molecular formula is C22H28N4O8S. The van der Waals surface area contributed by atoms with Crippen molar-refractivity contribution in [1.82, 2.24) is 19.2 Å². The molecule has 1 atom stereocenters. The molecule has 1 amide bonds. The summed E-state index contributed by atoms with van der Waals surface area (Å²) in [5.41, 5.74) is -2.92. The number of carbonyl (C=O) groups excluding carboxylic acids is 2. The van der Waals surface area contributed by atoms with Crippen LogP contribution in [0, 0.1) is 5.92 Å². The number of hydrogen-bond donors (Lipinski definition) is 2. The lowest BCUT2D eigenvalue weighted by Crippen LogP contribution is -2.35. The summed E-state index contributed by atoms with van der Waals surface area (Å²) >= 11 is 0.931. The van der Waals surface area contributed by atoms with Crippen LogP contribution in [-0.2, 0) is 29.3 Å². The number of rotatable bonds is 7. The van der Waals surface area contributed by atoms with Crippen LogP contribution < -0.4 is 16.0 Å². The minimum atomic E-state index is -1.80. The zero-order valence-electron chi connectivity index (χ0n) is 20.5. The van der Waals surface area contributed by atoms with Gasteiger partial charge in [-0.25, -0.2) is 14.7 Å². The number of H-pyrrole nitrogens is 1. The van der Waals surface area contributed by atoms with Crippen molar-refractivity contribution in [3.63, 3.8) is 0 Å². The predicted octanol–water partition coefficient (Wildman–Crippen LogP) is 1.69. The number of fused-ring (bicyclic) bond motifs is 1. The zero-order chi connectivity index (χ0) is 26.2. The number of nitrogens with one attached hydrogen (secondary N) is 1. The maximum atomic E-state index is 13.4. The van der Waals surface area contributed by atoms with Crippen molar-refractivity contribution in [2.45, 2.75) is 25.9 Å². The molecule has 35 heavy (non-hydrogen) atoms. The molecule has 0 aromatic carbocycles. The number of nitrogens with zero attached hydrogens (tertiary/aromatic N) is 3. The molecule has 12 nitrogen and oxygen atoms in total. The number of aryl methyl sites for hydroxylation is 1. The minimum absolute atomic E-state index is 0.0369. The molecular weight excluding hydrogens is 480 g/mol. The van der Waals surface area contributed by atoms with Gasteiger partial charge in [-0.15, -0.1) is 11.3 Å². The SMILES string of the molecule is COC(=O)Oc1cc(C(O)(CC(C)C)c2sc3[nH]c(=O)n(C)c(=O)c3c2C(=O)N(C)OC)cn1C. The molecule has 0 fully saturated rings. The lowest BCUT2D eigenvalue weighted by molar-refractivity contribution is -0.0758. The van der Waals surface area contributed by atoms with Gasteiger partial charge in [0.25, 0.3) is 11.5 Å². The molecule has 0 aliphatic carbocycles. The minimum Gasteiger partial charge on any atom is -0.437 e. The summed E-state index contributed by atoms with van der Waals surface area (Å²) in [5.74, 6) is -0.649. The number of amides is 1. The Hall–Kier alpha value is -3.42. The molecule has 190 valence electrons. The number of carbonyl (C=O) groups is 2. The highest BCUT2D eigenvalue weighted by molar-refractivity contribution is 7.19. The number of aromatic nitrogens is 3. The first kappa shape index (κ1) is 26.2. The Morgan fingerprint density at radius 2 is 1.91 bits per heavy atom.